The molecule has 0 bridgehead atoms. The Labute approximate surface area is 128 Å². The zero-order chi connectivity index (χ0) is 15.2. The molecule has 0 aliphatic carbocycles. The van der Waals surface area contributed by atoms with Crippen LogP contribution in [0.5, 0.6) is 5.75 Å². The van der Waals surface area contributed by atoms with Gasteiger partial charge in [0.2, 0.25) is 0 Å². The van der Waals surface area contributed by atoms with Crippen molar-refractivity contribution in [1.29, 1.82) is 0 Å². The summed E-state index contributed by atoms with van der Waals surface area (Å²) >= 11 is 3.30. The molecular formula is C14H11BrF2N2O2. The van der Waals surface area contributed by atoms with E-state index in [2.05, 4.69) is 31.3 Å². The molecule has 0 atom stereocenters. The Morgan fingerprint density at radius 3 is 1.90 bits per heavy atom. The van der Waals surface area contributed by atoms with Gasteiger partial charge in [0.25, 0.3) is 0 Å². The molecule has 2 aromatic carbocycles. The number of anilines is 2. The van der Waals surface area contributed by atoms with Crippen molar-refractivity contribution in [2.75, 3.05) is 10.6 Å². The van der Waals surface area contributed by atoms with Crippen LogP contribution in [0.15, 0.2) is 53.0 Å². The third kappa shape index (κ3) is 5.03. The Bertz CT molecular complexity index is 603. The first kappa shape index (κ1) is 15.2. The standard InChI is InChI=1S/C14H11BrF2N2O2/c15-9-1-3-10(4-2-9)18-14(20)19-11-5-7-12(8-6-11)21-13(16)17/h1-8,13H,(H2,18,19,20). The second-order valence-electron chi connectivity index (χ2n) is 3.99. The fraction of sp³-hybridized carbons (Fsp3) is 0.0714. The molecule has 2 N–H and O–H groups in total. The molecule has 7 heteroatoms. The minimum atomic E-state index is -2.87. The number of alkyl halides is 2. The van der Waals surface area contributed by atoms with Crippen LogP contribution in [0.2, 0.25) is 0 Å². The van der Waals surface area contributed by atoms with Gasteiger partial charge in [0, 0.05) is 15.8 Å². The van der Waals surface area contributed by atoms with E-state index in [1.807, 2.05) is 0 Å². The Morgan fingerprint density at radius 1 is 0.952 bits per heavy atom. The number of carbonyl (C=O) groups is 1. The fourth-order valence-corrected chi connectivity index (χ4v) is 1.81. The van der Waals surface area contributed by atoms with E-state index in [-0.39, 0.29) is 5.75 Å². The van der Waals surface area contributed by atoms with Crippen molar-refractivity contribution in [2.45, 2.75) is 6.61 Å². The van der Waals surface area contributed by atoms with E-state index < -0.39 is 12.6 Å². The average Bonchev–Trinajstić information content (AvgIpc) is 2.43. The second-order valence-corrected chi connectivity index (χ2v) is 4.90. The highest BCUT2D eigenvalue weighted by Crippen LogP contribution is 2.18. The summed E-state index contributed by atoms with van der Waals surface area (Å²) in [4.78, 5) is 11.7. The van der Waals surface area contributed by atoms with Crippen LogP contribution in [-0.4, -0.2) is 12.6 Å². The highest BCUT2D eigenvalue weighted by molar-refractivity contribution is 9.10. The maximum atomic E-state index is 12.0. The molecule has 0 aromatic heterocycles. The van der Waals surface area contributed by atoms with Crippen LogP contribution in [0, 0.1) is 0 Å². The van der Waals surface area contributed by atoms with Gasteiger partial charge in [-0.05, 0) is 48.5 Å². The number of hydrogen-bond acceptors (Lipinski definition) is 2. The summed E-state index contributed by atoms with van der Waals surface area (Å²) in [6, 6.07) is 12.3. The number of halogens is 3. The van der Waals surface area contributed by atoms with Gasteiger partial charge in [0.1, 0.15) is 5.75 Å². The molecule has 110 valence electrons. The van der Waals surface area contributed by atoms with Gasteiger partial charge in [-0.15, -0.1) is 0 Å². The summed E-state index contributed by atoms with van der Waals surface area (Å²) in [5.41, 5.74) is 1.10. The third-order valence-corrected chi connectivity index (χ3v) is 2.97. The normalized spacial score (nSPS) is 10.3. The molecule has 2 rings (SSSR count). The molecule has 0 unspecified atom stereocenters. The summed E-state index contributed by atoms with van der Waals surface area (Å²) in [5, 5.41) is 5.22. The summed E-state index contributed by atoms with van der Waals surface area (Å²) in [7, 11) is 0. The monoisotopic (exact) mass is 356 g/mol. The molecule has 0 aliphatic rings. The number of carbonyl (C=O) groups excluding carboxylic acids is 1. The van der Waals surface area contributed by atoms with Gasteiger partial charge in [-0.3, -0.25) is 0 Å². The van der Waals surface area contributed by atoms with Crippen molar-refractivity contribution in [1.82, 2.24) is 0 Å². The Kier molecular flexibility index (Phi) is 5.10. The highest BCUT2D eigenvalue weighted by atomic mass is 79.9. The maximum absolute atomic E-state index is 12.0. The lowest BCUT2D eigenvalue weighted by Crippen LogP contribution is -2.19. The van der Waals surface area contributed by atoms with E-state index in [0.29, 0.717) is 11.4 Å². The molecule has 4 nitrogen and oxygen atoms in total. The van der Waals surface area contributed by atoms with Gasteiger partial charge >= 0.3 is 12.6 Å². The SMILES string of the molecule is O=C(Nc1ccc(Br)cc1)Nc1ccc(OC(F)F)cc1. The van der Waals surface area contributed by atoms with Crippen molar-refractivity contribution >= 4 is 33.3 Å². The number of nitrogens with one attached hydrogen (secondary N) is 2. The summed E-state index contributed by atoms with van der Waals surface area (Å²) < 4.78 is 29.1. The number of hydrogen-bond donors (Lipinski definition) is 2. The van der Waals surface area contributed by atoms with Gasteiger partial charge in [-0.25, -0.2) is 4.79 Å². The number of rotatable bonds is 4. The Morgan fingerprint density at radius 2 is 1.43 bits per heavy atom. The topological polar surface area (TPSA) is 50.4 Å². The van der Waals surface area contributed by atoms with Crippen LogP contribution in [0.3, 0.4) is 0 Å². The molecule has 0 fully saturated rings. The van der Waals surface area contributed by atoms with Crippen molar-refractivity contribution in [3.63, 3.8) is 0 Å². The summed E-state index contributed by atoms with van der Waals surface area (Å²) in [6.45, 7) is -2.87. The average molecular weight is 357 g/mol. The van der Waals surface area contributed by atoms with E-state index in [1.54, 1.807) is 24.3 Å². The number of amides is 2. The van der Waals surface area contributed by atoms with Crippen molar-refractivity contribution < 1.29 is 18.3 Å². The van der Waals surface area contributed by atoms with E-state index in [9.17, 15) is 13.6 Å². The Balaban J connectivity index is 1.91. The fourth-order valence-electron chi connectivity index (χ4n) is 1.55. The maximum Gasteiger partial charge on any atom is 0.387 e. The second kappa shape index (κ2) is 7.03. The van der Waals surface area contributed by atoms with Crippen LogP contribution >= 0.6 is 15.9 Å². The first-order valence-corrected chi connectivity index (χ1v) is 6.71. The zero-order valence-corrected chi connectivity index (χ0v) is 12.2. The van der Waals surface area contributed by atoms with Crippen LogP contribution in [0.4, 0.5) is 25.0 Å². The minimum Gasteiger partial charge on any atom is -0.435 e. The van der Waals surface area contributed by atoms with Gasteiger partial charge in [0.15, 0.2) is 0 Å². The lowest BCUT2D eigenvalue weighted by molar-refractivity contribution is -0.0498. The quantitative estimate of drug-likeness (QED) is 0.834. The van der Waals surface area contributed by atoms with Crippen LogP contribution in [0.25, 0.3) is 0 Å². The summed E-state index contributed by atoms with van der Waals surface area (Å²) in [5.74, 6) is 0.0314. The van der Waals surface area contributed by atoms with E-state index in [4.69, 9.17) is 0 Å². The molecule has 0 saturated carbocycles. The minimum absolute atomic E-state index is 0.0314. The van der Waals surface area contributed by atoms with Crippen LogP contribution < -0.4 is 15.4 Å². The van der Waals surface area contributed by atoms with Gasteiger partial charge in [-0.1, -0.05) is 15.9 Å². The van der Waals surface area contributed by atoms with Crippen molar-refractivity contribution in [2.24, 2.45) is 0 Å². The molecule has 0 radical (unpaired) electrons. The first-order valence-electron chi connectivity index (χ1n) is 5.91. The molecule has 0 saturated heterocycles. The van der Waals surface area contributed by atoms with Gasteiger partial charge in [-0.2, -0.15) is 8.78 Å². The highest BCUT2D eigenvalue weighted by Gasteiger charge is 2.05. The third-order valence-electron chi connectivity index (χ3n) is 2.44. The lowest BCUT2D eigenvalue weighted by Gasteiger charge is -2.09. The van der Waals surface area contributed by atoms with Crippen molar-refractivity contribution in [3.8, 4) is 5.75 Å². The molecule has 2 amide bonds. The molecular weight excluding hydrogens is 346 g/mol. The van der Waals surface area contributed by atoms with Gasteiger partial charge in [0.05, 0.1) is 0 Å². The van der Waals surface area contributed by atoms with Crippen LogP contribution in [-0.2, 0) is 0 Å². The molecule has 0 spiro atoms. The molecule has 0 heterocycles. The number of ether oxygens (including phenoxy) is 1. The Hall–Kier alpha value is -2.15. The number of urea groups is 1. The zero-order valence-electron chi connectivity index (χ0n) is 10.6. The summed E-state index contributed by atoms with van der Waals surface area (Å²) in [6.07, 6.45) is 0. The molecule has 2 aromatic rings. The lowest BCUT2D eigenvalue weighted by atomic mass is 10.3. The van der Waals surface area contributed by atoms with E-state index >= 15 is 0 Å². The molecule has 0 aliphatic heterocycles. The smallest absolute Gasteiger partial charge is 0.387 e. The van der Waals surface area contributed by atoms with Gasteiger partial charge < -0.3 is 15.4 Å². The number of benzene rings is 2. The first-order chi connectivity index (χ1) is 10.0. The largest absolute Gasteiger partial charge is 0.435 e. The predicted octanol–water partition coefficient (Wildman–Crippen LogP) is 4.69. The molecule has 21 heavy (non-hydrogen) atoms. The predicted molar refractivity (Wildman–Crippen MR) is 79.9 cm³/mol. The van der Waals surface area contributed by atoms with E-state index in [1.165, 1.54) is 24.3 Å². The van der Waals surface area contributed by atoms with Crippen molar-refractivity contribution in [3.05, 3.63) is 53.0 Å². The van der Waals surface area contributed by atoms with Crippen LogP contribution in [0.1, 0.15) is 0 Å². The van der Waals surface area contributed by atoms with E-state index in [0.717, 1.165) is 4.47 Å².